The summed E-state index contributed by atoms with van der Waals surface area (Å²) in [6.45, 7) is 3.02. The van der Waals surface area contributed by atoms with Gasteiger partial charge in [0.1, 0.15) is 17.3 Å². The number of thioether (sulfide) groups is 1. The fourth-order valence-corrected chi connectivity index (χ4v) is 6.07. The van der Waals surface area contributed by atoms with Crippen molar-refractivity contribution in [1.82, 2.24) is 24.8 Å². The summed E-state index contributed by atoms with van der Waals surface area (Å²) in [5, 5.41) is 25.9. The van der Waals surface area contributed by atoms with Crippen molar-refractivity contribution in [2.45, 2.75) is 25.1 Å². The van der Waals surface area contributed by atoms with Crippen molar-refractivity contribution in [3.63, 3.8) is 0 Å². The Bertz CT molecular complexity index is 1830. The van der Waals surface area contributed by atoms with E-state index in [4.69, 9.17) is 57.9 Å². The van der Waals surface area contributed by atoms with Gasteiger partial charge < -0.3 is 25.6 Å². The Kier molecular flexibility index (Phi) is 14.5. The van der Waals surface area contributed by atoms with E-state index < -0.39 is 36.4 Å². The van der Waals surface area contributed by atoms with Gasteiger partial charge in [-0.25, -0.2) is 24.4 Å². The van der Waals surface area contributed by atoms with E-state index in [1.807, 2.05) is 42.1 Å². The van der Waals surface area contributed by atoms with Crippen LogP contribution in [-0.2, 0) is 20.9 Å². The Morgan fingerprint density at radius 1 is 0.815 bits per heavy atom. The number of carbonyl (C=O) groups is 3. The Morgan fingerprint density at radius 3 is 1.83 bits per heavy atom. The van der Waals surface area contributed by atoms with Crippen LogP contribution in [0.25, 0.3) is 33.9 Å². The van der Waals surface area contributed by atoms with Crippen molar-refractivity contribution in [3.8, 4) is 33.9 Å². The van der Waals surface area contributed by atoms with Gasteiger partial charge in [-0.1, -0.05) is 23.2 Å². The summed E-state index contributed by atoms with van der Waals surface area (Å²) in [7, 11) is 0. The highest BCUT2D eigenvalue weighted by molar-refractivity contribution is 7.99. The predicted octanol–water partition coefficient (Wildman–Crippen LogP) is 8.01. The van der Waals surface area contributed by atoms with Crippen LogP contribution in [-0.4, -0.2) is 101 Å². The molecule has 4 aromatic rings. The number of halogens is 11. The van der Waals surface area contributed by atoms with E-state index in [2.05, 4.69) is 25.2 Å². The van der Waals surface area contributed by atoms with Gasteiger partial charge in [0.05, 0.1) is 33.2 Å². The second-order valence-corrected chi connectivity index (χ2v) is 12.5. The normalized spacial score (nSPS) is 13.7. The first-order chi connectivity index (χ1) is 25.0. The lowest BCUT2D eigenvalue weighted by molar-refractivity contribution is -0.193. The summed E-state index contributed by atoms with van der Waals surface area (Å²) in [5.74, 6) is -4.57. The number of benzene rings is 1. The van der Waals surface area contributed by atoms with E-state index in [0.717, 1.165) is 59.2 Å². The first-order valence-electron chi connectivity index (χ1n) is 14.5. The third-order valence-corrected chi connectivity index (χ3v) is 8.22. The standard InChI is InChI=1S/C24H20Cl2N6S.3C2HF3O2/c25-17-10-14(13-32-6-8-33-9-7-32)11-18(26)20(17)24-30-21-15-3-5-27-12-19(15)29-23-16(22(21)31-24)2-1-4-28-23;3*3-2(4,5)1(6)7/h1-5,10-12H,6-9,13H2,(H,28,29)(H,30,31);3*(H,6,7). The first-order valence-corrected chi connectivity index (χ1v) is 16.4. The fraction of sp³-hybridized carbons (Fsp3) is 0.267. The number of nitrogens with zero attached hydrogens (tertiary/aromatic N) is 4. The first kappa shape index (κ1) is 43.6. The lowest BCUT2D eigenvalue weighted by Crippen LogP contribution is -2.31. The number of anilines is 2. The van der Waals surface area contributed by atoms with Gasteiger partial charge in [0.2, 0.25) is 0 Å². The minimum Gasteiger partial charge on any atom is -0.475 e. The number of aromatic nitrogens is 4. The highest BCUT2D eigenvalue weighted by atomic mass is 35.5. The lowest BCUT2D eigenvalue weighted by Gasteiger charge is -2.26. The second kappa shape index (κ2) is 18.0. The maximum absolute atomic E-state index is 10.6. The minimum atomic E-state index is -5.08. The molecule has 2 aliphatic heterocycles. The SMILES string of the molecule is Clc1cc(CN2CCSCC2)cc(Cl)c1-c1nc2c([nH]1)-c1ccncc1Nc1ncccc1-2.O=C(O)C(F)(F)F.O=C(O)C(F)(F)F.O=C(O)C(F)(F)F. The van der Waals surface area contributed by atoms with Crippen molar-refractivity contribution in [3.05, 3.63) is 64.5 Å². The van der Waals surface area contributed by atoms with Crippen molar-refractivity contribution < 1.29 is 69.2 Å². The predicted molar refractivity (Wildman–Crippen MR) is 177 cm³/mol. The average molecular weight is 838 g/mol. The largest absolute Gasteiger partial charge is 0.490 e. The molecule has 0 atom stereocenters. The number of alkyl halides is 9. The summed E-state index contributed by atoms with van der Waals surface area (Å²) in [6.07, 6.45) is -9.94. The van der Waals surface area contributed by atoms with Gasteiger partial charge in [0.15, 0.2) is 0 Å². The number of aromatic amines is 1. The van der Waals surface area contributed by atoms with E-state index >= 15 is 0 Å². The number of nitrogens with one attached hydrogen (secondary N) is 2. The Balaban J connectivity index is 0.000000307. The summed E-state index contributed by atoms with van der Waals surface area (Å²) in [6, 6.07) is 9.88. The molecule has 5 heterocycles. The molecule has 0 bridgehead atoms. The quantitative estimate of drug-likeness (QED) is 0.111. The van der Waals surface area contributed by atoms with Crippen LogP contribution in [0.3, 0.4) is 0 Å². The molecule has 5 N–H and O–H groups in total. The van der Waals surface area contributed by atoms with Crippen LogP contribution >= 0.6 is 35.0 Å². The fourth-order valence-electron chi connectivity index (χ4n) is 4.38. The van der Waals surface area contributed by atoms with Crippen LogP contribution in [0.15, 0.2) is 48.9 Å². The molecule has 2 aliphatic rings. The number of pyridine rings is 2. The van der Waals surface area contributed by atoms with Gasteiger partial charge >= 0.3 is 36.4 Å². The van der Waals surface area contributed by atoms with Crippen LogP contribution < -0.4 is 5.32 Å². The Hall–Kier alpha value is -4.80. The zero-order valence-corrected chi connectivity index (χ0v) is 28.9. The van der Waals surface area contributed by atoms with E-state index in [9.17, 15) is 39.5 Å². The molecule has 0 unspecified atom stereocenters. The molecule has 0 spiro atoms. The van der Waals surface area contributed by atoms with Crippen LogP contribution in [0.4, 0.5) is 51.0 Å². The topological polar surface area (TPSA) is 182 Å². The van der Waals surface area contributed by atoms with Crippen LogP contribution in [0, 0.1) is 0 Å². The molecule has 24 heteroatoms. The van der Waals surface area contributed by atoms with Crippen molar-refractivity contribution in [2.24, 2.45) is 0 Å². The van der Waals surface area contributed by atoms with Gasteiger partial charge in [0.25, 0.3) is 0 Å². The monoisotopic (exact) mass is 836 g/mol. The summed E-state index contributed by atoms with van der Waals surface area (Å²) >= 11 is 15.6. The van der Waals surface area contributed by atoms with E-state index in [1.165, 1.54) is 11.5 Å². The molecule has 0 saturated carbocycles. The van der Waals surface area contributed by atoms with E-state index in [0.29, 0.717) is 21.4 Å². The zero-order valence-electron chi connectivity index (χ0n) is 26.6. The highest BCUT2D eigenvalue weighted by Crippen LogP contribution is 2.44. The molecule has 1 saturated heterocycles. The number of hydrogen-bond acceptors (Lipinski definition) is 9. The molecule has 0 amide bonds. The molecular weight excluding hydrogens is 814 g/mol. The van der Waals surface area contributed by atoms with E-state index in [-0.39, 0.29) is 0 Å². The van der Waals surface area contributed by atoms with Gasteiger partial charge in [-0.05, 0) is 35.9 Å². The maximum atomic E-state index is 10.6. The second-order valence-electron chi connectivity index (χ2n) is 10.5. The maximum Gasteiger partial charge on any atom is 0.490 e. The minimum absolute atomic E-state index is 0.590. The molecule has 54 heavy (non-hydrogen) atoms. The number of fused-ring (bicyclic) bond motifs is 5. The molecular formula is C30H23Cl2F9N6O6S. The highest BCUT2D eigenvalue weighted by Gasteiger charge is 2.39. The van der Waals surface area contributed by atoms with Gasteiger partial charge in [-0.3, -0.25) is 9.88 Å². The average Bonchev–Trinajstić information content (AvgIpc) is 3.44. The van der Waals surface area contributed by atoms with Crippen LogP contribution in [0.1, 0.15) is 5.56 Å². The number of rotatable bonds is 3. The molecule has 0 aliphatic carbocycles. The number of imidazole rings is 1. The number of hydrogen-bond donors (Lipinski definition) is 5. The van der Waals surface area contributed by atoms with E-state index in [1.54, 1.807) is 18.6 Å². The number of H-pyrrole nitrogens is 1. The third-order valence-electron chi connectivity index (χ3n) is 6.69. The van der Waals surface area contributed by atoms with Gasteiger partial charge in [0, 0.05) is 54.7 Å². The molecule has 1 fully saturated rings. The summed E-state index contributed by atoms with van der Waals surface area (Å²) < 4.78 is 95.2. The molecule has 292 valence electrons. The smallest absolute Gasteiger partial charge is 0.475 e. The van der Waals surface area contributed by atoms with Crippen LogP contribution in [0.2, 0.25) is 10.0 Å². The Labute approximate surface area is 311 Å². The number of carboxylic acids is 3. The lowest BCUT2D eigenvalue weighted by atomic mass is 10.1. The third kappa shape index (κ3) is 12.1. The van der Waals surface area contributed by atoms with Crippen molar-refractivity contribution in [1.29, 1.82) is 0 Å². The number of aliphatic carboxylic acids is 3. The molecule has 12 nitrogen and oxygen atoms in total. The van der Waals surface area contributed by atoms with Crippen molar-refractivity contribution in [2.75, 3.05) is 29.9 Å². The Morgan fingerprint density at radius 2 is 1.33 bits per heavy atom. The summed E-state index contributed by atoms with van der Waals surface area (Å²) in [5.41, 5.74) is 6.22. The van der Waals surface area contributed by atoms with Gasteiger partial charge in [-0.15, -0.1) is 0 Å². The molecule has 6 rings (SSSR count). The summed E-state index contributed by atoms with van der Waals surface area (Å²) in [4.78, 5) is 46.3. The molecule has 1 aromatic carbocycles. The molecule has 0 radical (unpaired) electrons. The van der Waals surface area contributed by atoms with Crippen molar-refractivity contribution >= 4 is 64.4 Å². The van der Waals surface area contributed by atoms with Crippen LogP contribution in [0.5, 0.6) is 0 Å². The zero-order chi connectivity index (χ0) is 40.6. The number of carboxylic acid groups (broad SMARTS) is 3. The molecule has 3 aromatic heterocycles. The van der Waals surface area contributed by atoms with Gasteiger partial charge in [-0.2, -0.15) is 51.3 Å².